The molecule has 0 fully saturated rings. The molecule has 0 heterocycles. The quantitative estimate of drug-likeness (QED) is 0.614. The molecule has 0 rings (SSSR count). The third kappa shape index (κ3) is 6.14. The molecule has 2 nitrogen and oxygen atoms in total. The van der Waals surface area contributed by atoms with Crippen LogP contribution < -0.4 is 11.1 Å². The SMILES string of the molecule is C=C(Br)CNCCN. The lowest BCUT2D eigenvalue weighted by Gasteiger charge is -1.97. The molecule has 3 N–H and O–H groups in total. The number of rotatable bonds is 4. The summed E-state index contributed by atoms with van der Waals surface area (Å²) < 4.78 is 0.964. The normalized spacial score (nSPS) is 9.25. The van der Waals surface area contributed by atoms with Gasteiger partial charge < -0.3 is 11.1 Å². The first-order chi connectivity index (χ1) is 3.77. The summed E-state index contributed by atoms with van der Waals surface area (Å²) in [7, 11) is 0. The van der Waals surface area contributed by atoms with Crippen LogP contribution in [0.15, 0.2) is 11.1 Å². The van der Waals surface area contributed by atoms with Crippen molar-refractivity contribution in [2.45, 2.75) is 0 Å². The summed E-state index contributed by atoms with van der Waals surface area (Å²) in [5.41, 5.74) is 5.21. The second kappa shape index (κ2) is 5.28. The molecule has 3 heteroatoms. The largest absolute Gasteiger partial charge is 0.329 e. The Balaban J connectivity index is 2.82. The van der Waals surface area contributed by atoms with Gasteiger partial charge in [-0.05, 0) is 0 Å². The van der Waals surface area contributed by atoms with Crippen molar-refractivity contribution in [2.75, 3.05) is 19.6 Å². The van der Waals surface area contributed by atoms with E-state index in [4.69, 9.17) is 5.73 Å². The van der Waals surface area contributed by atoms with E-state index < -0.39 is 0 Å². The average Bonchev–Trinajstić information content (AvgIpc) is 1.66. The topological polar surface area (TPSA) is 38.0 Å². The summed E-state index contributed by atoms with van der Waals surface area (Å²) >= 11 is 3.21. The Hall–Kier alpha value is 0.140. The Labute approximate surface area is 58.3 Å². The minimum Gasteiger partial charge on any atom is -0.329 e. The van der Waals surface area contributed by atoms with Crippen LogP contribution in [0.1, 0.15) is 0 Å². The first-order valence-corrected chi connectivity index (χ1v) is 3.30. The van der Waals surface area contributed by atoms with E-state index in [1.54, 1.807) is 0 Å². The van der Waals surface area contributed by atoms with E-state index in [0.29, 0.717) is 6.54 Å². The Morgan fingerprint density at radius 3 is 2.75 bits per heavy atom. The van der Waals surface area contributed by atoms with Crippen LogP contribution >= 0.6 is 15.9 Å². The molecule has 0 bridgehead atoms. The Morgan fingerprint density at radius 2 is 2.38 bits per heavy atom. The summed E-state index contributed by atoms with van der Waals surface area (Å²) in [5, 5.41) is 3.06. The molecule has 0 unspecified atom stereocenters. The lowest BCUT2D eigenvalue weighted by Crippen LogP contribution is -2.23. The zero-order chi connectivity index (χ0) is 6.41. The number of nitrogens with two attached hydrogens (primary N) is 1. The summed E-state index contributed by atoms with van der Waals surface area (Å²) in [6.07, 6.45) is 0. The number of halogens is 1. The third-order valence-corrected chi connectivity index (χ3v) is 0.918. The smallest absolute Gasteiger partial charge is 0.0266 e. The molecule has 0 radical (unpaired) electrons. The van der Waals surface area contributed by atoms with Crippen LogP contribution in [0, 0.1) is 0 Å². The molecule has 48 valence electrons. The Morgan fingerprint density at radius 1 is 1.75 bits per heavy atom. The van der Waals surface area contributed by atoms with Crippen molar-refractivity contribution in [3.8, 4) is 0 Å². The second-order valence-corrected chi connectivity index (χ2v) is 2.60. The first-order valence-electron chi connectivity index (χ1n) is 2.51. The number of nitrogens with one attached hydrogen (secondary N) is 1. The zero-order valence-corrected chi connectivity index (χ0v) is 6.37. The first kappa shape index (κ1) is 8.14. The molecule has 0 spiro atoms. The predicted molar refractivity (Wildman–Crippen MR) is 40.0 cm³/mol. The van der Waals surface area contributed by atoms with E-state index in [2.05, 4.69) is 27.8 Å². The van der Waals surface area contributed by atoms with Crippen LogP contribution in [0.3, 0.4) is 0 Å². The molecule has 0 saturated carbocycles. The molecule has 0 aliphatic carbocycles. The summed E-state index contributed by atoms with van der Waals surface area (Å²) in [6.45, 7) is 5.98. The van der Waals surface area contributed by atoms with Gasteiger partial charge in [-0.2, -0.15) is 0 Å². The van der Waals surface area contributed by atoms with E-state index in [0.717, 1.165) is 17.6 Å². The van der Waals surface area contributed by atoms with Gasteiger partial charge in [0.25, 0.3) is 0 Å². The lowest BCUT2D eigenvalue weighted by atomic mass is 10.6. The molecule has 0 amide bonds. The van der Waals surface area contributed by atoms with Crippen molar-refractivity contribution in [1.29, 1.82) is 0 Å². The van der Waals surface area contributed by atoms with Crippen molar-refractivity contribution in [2.24, 2.45) is 5.73 Å². The maximum atomic E-state index is 5.21. The fourth-order valence-corrected chi connectivity index (χ4v) is 0.524. The zero-order valence-electron chi connectivity index (χ0n) is 4.78. The van der Waals surface area contributed by atoms with E-state index in [1.807, 2.05) is 0 Å². The van der Waals surface area contributed by atoms with Crippen LogP contribution in [-0.2, 0) is 0 Å². The highest BCUT2D eigenvalue weighted by atomic mass is 79.9. The maximum absolute atomic E-state index is 5.21. The molecule has 0 aromatic heterocycles. The van der Waals surface area contributed by atoms with E-state index in [9.17, 15) is 0 Å². The summed E-state index contributed by atoms with van der Waals surface area (Å²) in [4.78, 5) is 0. The third-order valence-electron chi connectivity index (χ3n) is 0.638. The van der Waals surface area contributed by atoms with E-state index in [1.165, 1.54) is 0 Å². The predicted octanol–water partition coefficient (Wildman–Crippen LogP) is 0.443. The van der Waals surface area contributed by atoms with Gasteiger partial charge in [0, 0.05) is 24.1 Å². The fraction of sp³-hybridized carbons (Fsp3) is 0.600. The fourth-order valence-electron chi connectivity index (χ4n) is 0.326. The lowest BCUT2D eigenvalue weighted by molar-refractivity contribution is 0.751. The van der Waals surface area contributed by atoms with Gasteiger partial charge in [0.05, 0.1) is 0 Å². The summed E-state index contributed by atoms with van der Waals surface area (Å²) in [6, 6.07) is 0. The van der Waals surface area contributed by atoms with Crippen molar-refractivity contribution in [1.82, 2.24) is 5.32 Å². The molecule has 0 aromatic rings. The van der Waals surface area contributed by atoms with Gasteiger partial charge in [-0.1, -0.05) is 22.5 Å². The van der Waals surface area contributed by atoms with Gasteiger partial charge in [0.1, 0.15) is 0 Å². The van der Waals surface area contributed by atoms with E-state index >= 15 is 0 Å². The molecule has 8 heavy (non-hydrogen) atoms. The molecule has 0 saturated heterocycles. The van der Waals surface area contributed by atoms with Gasteiger partial charge in [0.15, 0.2) is 0 Å². The highest BCUT2D eigenvalue weighted by Crippen LogP contribution is 1.95. The minimum absolute atomic E-state index is 0.681. The van der Waals surface area contributed by atoms with Crippen molar-refractivity contribution in [3.05, 3.63) is 11.1 Å². The van der Waals surface area contributed by atoms with Gasteiger partial charge in [-0.25, -0.2) is 0 Å². The second-order valence-electron chi connectivity index (χ2n) is 1.48. The Kier molecular flexibility index (Phi) is 5.37. The molecule has 0 aromatic carbocycles. The Bertz CT molecular complexity index is 72.8. The summed E-state index contributed by atoms with van der Waals surface area (Å²) in [5.74, 6) is 0. The molecular weight excluding hydrogens is 168 g/mol. The number of hydrogen-bond acceptors (Lipinski definition) is 2. The average molecular weight is 179 g/mol. The van der Waals surface area contributed by atoms with Crippen molar-refractivity contribution >= 4 is 15.9 Å². The number of hydrogen-bond donors (Lipinski definition) is 2. The van der Waals surface area contributed by atoms with Gasteiger partial charge in [-0.15, -0.1) is 0 Å². The van der Waals surface area contributed by atoms with Gasteiger partial charge in [0.2, 0.25) is 0 Å². The van der Waals surface area contributed by atoms with Crippen LogP contribution in [0.25, 0.3) is 0 Å². The van der Waals surface area contributed by atoms with Crippen LogP contribution in [0.4, 0.5) is 0 Å². The molecule has 0 aliphatic heterocycles. The molecule has 0 aliphatic rings. The van der Waals surface area contributed by atoms with Crippen LogP contribution in [0.5, 0.6) is 0 Å². The standard InChI is InChI=1S/C5H11BrN2/c1-5(6)4-8-3-2-7/h8H,1-4,7H2. The van der Waals surface area contributed by atoms with Crippen LogP contribution in [0.2, 0.25) is 0 Å². The maximum Gasteiger partial charge on any atom is 0.0266 e. The van der Waals surface area contributed by atoms with E-state index in [-0.39, 0.29) is 0 Å². The molecule has 0 atom stereocenters. The van der Waals surface area contributed by atoms with Gasteiger partial charge >= 0.3 is 0 Å². The molecular formula is C5H11BrN2. The highest BCUT2D eigenvalue weighted by molar-refractivity contribution is 9.11. The highest BCUT2D eigenvalue weighted by Gasteiger charge is 1.83. The van der Waals surface area contributed by atoms with Crippen molar-refractivity contribution in [3.63, 3.8) is 0 Å². The van der Waals surface area contributed by atoms with Crippen LogP contribution in [-0.4, -0.2) is 19.6 Å². The monoisotopic (exact) mass is 178 g/mol. The van der Waals surface area contributed by atoms with Crippen molar-refractivity contribution < 1.29 is 0 Å². The van der Waals surface area contributed by atoms with Gasteiger partial charge in [-0.3, -0.25) is 0 Å². The minimum atomic E-state index is 0.681.